The molecule has 1 aliphatic carbocycles. The number of aliphatic hydroxyl groups excluding tert-OH is 1. The average molecular weight is 355 g/mol. The molecule has 6 nitrogen and oxygen atoms in total. The number of nitrogens with zero attached hydrogens (tertiary/aromatic N) is 2. The molecule has 1 aliphatic rings. The van der Waals surface area contributed by atoms with Gasteiger partial charge in [-0.25, -0.2) is 4.99 Å². The summed E-state index contributed by atoms with van der Waals surface area (Å²) < 4.78 is 0. The fourth-order valence-corrected chi connectivity index (χ4v) is 2.63. The predicted molar refractivity (Wildman–Crippen MR) is 104 cm³/mol. The molecule has 138 valence electrons. The number of hydrogen-bond acceptors (Lipinski definition) is 5. The maximum Gasteiger partial charge on any atom is 0.224 e. The zero-order valence-electron chi connectivity index (χ0n) is 15.5. The smallest absolute Gasteiger partial charge is 0.224 e. The molecule has 6 heteroatoms. The van der Waals surface area contributed by atoms with Crippen molar-refractivity contribution in [3.05, 3.63) is 47.7 Å². The van der Waals surface area contributed by atoms with Crippen LogP contribution in [0.3, 0.4) is 0 Å². The van der Waals surface area contributed by atoms with E-state index in [4.69, 9.17) is 0 Å². The van der Waals surface area contributed by atoms with Gasteiger partial charge in [0.1, 0.15) is 0 Å². The fraction of sp³-hybridized carbons (Fsp3) is 0.350. The Morgan fingerprint density at radius 1 is 1.27 bits per heavy atom. The van der Waals surface area contributed by atoms with Crippen molar-refractivity contribution in [1.29, 1.82) is 0 Å². The van der Waals surface area contributed by atoms with E-state index in [1.807, 2.05) is 32.0 Å². The molecule has 0 bridgehead atoms. The predicted octanol–water partition coefficient (Wildman–Crippen LogP) is 2.44. The van der Waals surface area contributed by atoms with Crippen molar-refractivity contribution in [2.24, 2.45) is 4.99 Å². The number of amides is 1. The van der Waals surface area contributed by atoms with Crippen LogP contribution >= 0.6 is 0 Å². The number of anilines is 1. The SMILES string of the molecule is CCC(=O)NC1=CC(=O)C=CC1=Nc1ccc(N(CC)CCO)cc1C. The van der Waals surface area contributed by atoms with Gasteiger partial charge < -0.3 is 15.3 Å². The Balaban J connectivity index is 2.32. The Kier molecular flexibility index (Phi) is 6.86. The van der Waals surface area contributed by atoms with Crippen LogP contribution in [0.25, 0.3) is 0 Å². The van der Waals surface area contributed by atoms with Crippen LogP contribution in [-0.4, -0.2) is 42.2 Å². The van der Waals surface area contributed by atoms with Crippen molar-refractivity contribution in [3.63, 3.8) is 0 Å². The van der Waals surface area contributed by atoms with Crippen LogP contribution in [0.15, 0.2) is 47.1 Å². The lowest BCUT2D eigenvalue weighted by atomic mass is 10.1. The van der Waals surface area contributed by atoms with E-state index in [9.17, 15) is 14.7 Å². The highest BCUT2D eigenvalue weighted by molar-refractivity contribution is 6.21. The minimum atomic E-state index is -0.176. The summed E-state index contributed by atoms with van der Waals surface area (Å²) in [7, 11) is 0. The van der Waals surface area contributed by atoms with Crippen molar-refractivity contribution < 1.29 is 14.7 Å². The highest BCUT2D eigenvalue weighted by atomic mass is 16.3. The topological polar surface area (TPSA) is 82.0 Å². The van der Waals surface area contributed by atoms with Crippen LogP contribution in [0.1, 0.15) is 25.8 Å². The Hall–Kier alpha value is -2.73. The standard InChI is InChI=1S/C20H25N3O3/c1-4-20(26)22-19-13-16(25)7-9-18(19)21-17-8-6-15(12-14(17)3)23(5-2)10-11-24/h6-9,12-13,24H,4-5,10-11H2,1-3H3,(H,22,26). The third-order valence-corrected chi connectivity index (χ3v) is 4.10. The highest BCUT2D eigenvalue weighted by Crippen LogP contribution is 2.26. The van der Waals surface area contributed by atoms with Gasteiger partial charge in [-0.1, -0.05) is 6.92 Å². The average Bonchev–Trinajstić information content (AvgIpc) is 2.63. The lowest BCUT2D eigenvalue weighted by Crippen LogP contribution is -2.28. The Bertz CT molecular complexity index is 779. The number of benzene rings is 1. The van der Waals surface area contributed by atoms with E-state index in [-0.39, 0.29) is 18.3 Å². The first kappa shape index (κ1) is 19.6. The Labute approximate surface area is 153 Å². The maximum absolute atomic E-state index is 11.7. The van der Waals surface area contributed by atoms with Gasteiger partial charge in [0, 0.05) is 31.3 Å². The molecule has 1 aromatic rings. The van der Waals surface area contributed by atoms with Gasteiger partial charge in [0.15, 0.2) is 5.78 Å². The number of allylic oxidation sites excluding steroid dienone is 3. The molecule has 0 radical (unpaired) electrons. The second-order valence-corrected chi connectivity index (χ2v) is 5.97. The molecule has 2 rings (SSSR count). The van der Waals surface area contributed by atoms with Gasteiger partial charge in [-0.2, -0.15) is 0 Å². The molecule has 26 heavy (non-hydrogen) atoms. The molecular formula is C20H25N3O3. The lowest BCUT2D eigenvalue weighted by Gasteiger charge is -2.22. The molecule has 0 saturated carbocycles. The summed E-state index contributed by atoms with van der Waals surface area (Å²) in [6.07, 6.45) is 4.76. The van der Waals surface area contributed by atoms with Crippen molar-refractivity contribution in [2.45, 2.75) is 27.2 Å². The number of aliphatic imine (C=N–C) groups is 1. The molecule has 0 heterocycles. The van der Waals surface area contributed by atoms with Crippen LogP contribution < -0.4 is 10.2 Å². The van der Waals surface area contributed by atoms with E-state index in [2.05, 4.69) is 15.2 Å². The van der Waals surface area contributed by atoms with E-state index in [0.29, 0.717) is 24.4 Å². The van der Waals surface area contributed by atoms with E-state index >= 15 is 0 Å². The minimum Gasteiger partial charge on any atom is -0.395 e. The summed E-state index contributed by atoms with van der Waals surface area (Å²) in [4.78, 5) is 30.0. The van der Waals surface area contributed by atoms with Gasteiger partial charge in [0.05, 0.1) is 23.7 Å². The molecule has 0 atom stereocenters. The lowest BCUT2D eigenvalue weighted by molar-refractivity contribution is -0.119. The Morgan fingerprint density at radius 3 is 2.65 bits per heavy atom. The van der Waals surface area contributed by atoms with Gasteiger partial charge in [0.25, 0.3) is 0 Å². The molecule has 0 saturated heterocycles. The summed E-state index contributed by atoms with van der Waals surface area (Å²) in [6, 6.07) is 5.88. The van der Waals surface area contributed by atoms with Gasteiger partial charge in [0.2, 0.25) is 5.91 Å². The molecule has 0 spiro atoms. The Morgan fingerprint density at radius 2 is 2.04 bits per heavy atom. The second-order valence-electron chi connectivity index (χ2n) is 5.97. The van der Waals surface area contributed by atoms with Crippen LogP contribution in [0.4, 0.5) is 11.4 Å². The summed E-state index contributed by atoms with van der Waals surface area (Å²) in [5.41, 5.74) is 3.72. The van der Waals surface area contributed by atoms with Crippen molar-refractivity contribution in [2.75, 3.05) is 24.6 Å². The van der Waals surface area contributed by atoms with Crippen LogP contribution in [0.2, 0.25) is 0 Å². The molecule has 1 aromatic carbocycles. The monoisotopic (exact) mass is 355 g/mol. The highest BCUT2D eigenvalue weighted by Gasteiger charge is 2.14. The third-order valence-electron chi connectivity index (χ3n) is 4.10. The summed E-state index contributed by atoms with van der Waals surface area (Å²) in [5, 5.41) is 11.9. The first-order valence-electron chi connectivity index (χ1n) is 8.77. The number of aliphatic hydroxyl groups is 1. The number of carbonyl (C=O) groups is 2. The molecule has 2 N–H and O–H groups in total. The number of nitrogens with one attached hydrogen (secondary N) is 1. The van der Waals surface area contributed by atoms with Crippen molar-refractivity contribution >= 4 is 28.8 Å². The molecule has 0 aromatic heterocycles. The summed E-state index contributed by atoms with van der Waals surface area (Å²) >= 11 is 0. The third kappa shape index (κ3) is 4.89. The number of rotatable bonds is 7. The number of hydrogen-bond donors (Lipinski definition) is 2. The zero-order chi connectivity index (χ0) is 19.1. The molecule has 1 amide bonds. The number of likely N-dealkylation sites (N-methyl/N-ethyl adjacent to an activating group) is 1. The van der Waals surface area contributed by atoms with Crippen molar-refractivity contribution in [3.8, 4) is 0 Å². The van der Waals surface area contributed by atoms with Gasteiger partial charge >= 0.3 is 0 Å². The van der Waals surface area contributed by atoms with E-state index in [1.54, 1.807) is 13.0 Å². The van der Waals surface area contributed by atoms with Crippen LogP contribution in [0, 0.1) is 6.92 Å². The number of aryl methyl sites for hydroxylation is 1. The van der Waals surface area contributed by atoms with Gasteiger partial charge in [-0.05, 0) is 49.8 Å². The van der Waals surface area contributed by atoms with Crippen molar-refractivity contribution in [1.82, 2.24) is 5.32 Å². The first-order valence-corrected chi connectivity index (χ1v) is 8.77. The van der Waals surface area contributed by atoms with E-state index in [1.165, 1.54) is 12.2 Å². The number of carbonyl (C=O) groups excluding carboxylic acids is 2. The first-order chi connectivity index (χ1) is 12.5. The largest absolute Gasteiger partial charge is 0.395 e. The van der Waals surface area contributed by atoms with Gasteiger partial charge in [-0.15, -0.1) is 0 Å². The normalized spacial score (nSPS) is 15.2. The quantitative estimate of drug-likeness (QED) is 0.736. The van der Waals surface area contributed by atoms with Crippen LogP contribution in [0.5, 0.6) is 0 Å². The zero-order valence-corrected chi connectivity index (χ0v) is 15.5. The number of ketones is 1. The van der Waals surface area contributed by atoms with E-state index < -0.39 is 0 Å². The van der Waals surface area contributed by atoms with Gasteiger partial charge in [-0.3, -0.25) is 9.59 Å². The summed E-state index contributed by atoms with van der Waals surface area (Å²) in [5.74, 6) is -0.341. The van der Waals surface area contributed by atoms with E-state index in [0.717, 1.165) is 23.5 Å². The van der Waals surface area contributed by atoms with Crippen LogP contribution in [-0.2, 0) is 9.59 Å². The molecule has 0 unspecified atom stereocenters. The fourth-order valence-electron chi connectivity index (χ4n) is 2.63. The molecular weight excluding hydrogens is 330 g/mol. The minimum absolute atomic E-state index is 0.0983. The second kappa shape index (κ2) is 9.10. The maximum atomic E-state index is 11.7. The molecule has 0 aliphatic heterocycles. The summed E-state index contributed by atoms with van der Waals surface area (Å²) in [6.45, 7) is 7.22. The molecule has 0 fully saturated rings.